The van der Waals surface area contributed by atoms with Crippen LogP contribution in [-0.4, -0.2) is 39.2 Å². The molecule has 2 heterocycles. The van der Waals surface area contributed by atoms with Crippen molar-refractivity contribution in [2.75, 3.05) is 19.7 Å². The lowest BCUT2D eigenvalue weighted by molar-refractivity contribution is 0.110. The molecule has 1 saturated heterocycles. The molecule has 0 aliphatic carbocycles. The number of fused-ring (bicyclic) bond motifs is 1. The lowest BCUT2D eigenvalue weighted by Crippen LogP contribution is -2.27. The molecule has 1 aliphatic heterocycles. The topological polar surface area (TPSA) is 71.2 Å². The summed E-state index contributed by atoms with van der Waals surface area (Å²) in [7, 11) is -3.52. The standard InChI is InChI=1S/C21H24N2O3S/c24-27(25,18-6-2-1-3-7-18)21-15-23-20-13-16(8-9-19(20)21)10-11-22-14-17-5-4-12-26-17/h1-3,6-9,13,15,17,22-23H,4-5,10-12,14H2. The van der Waals surface area contributed by atoms with Gasteiger partial charge in [0.15, 0.2) is 0 Å². The number of hydrogen-bond acceptors (Lipinski definition) is 4. The van der Waals surface area contributed by atoms with Gasteiger partial charge in [-0.05, 0) is 49.6 Å². The van der Waals surface area contributed by atoms with E-state index in [0.29, 0.717) is 15.9 Å². The van der Waals surface area contributed by atoms with Gasteiger partial charge in [-0.25, -0.2) is 8.42 Å². The van der Waals surface area contributed by atoms with Crippen molar-refractivity contribution in [2.45, 2.75) is 35.2 Å². The first-order valence-electron chi connectivity index (χ1n) is 9.37. The van der Waals surface area contributed by atoms with Gasteiger partial charge in [-0.3, -0.25) is 0 Å². The summed E-state index contributed by atoms with van der Waals surface area (Å²) in [5.41, 5.74) is 2.02. The lowest BCUT2D eigenvalue weighted by Gasteiger charge is -2.10. The molecule has 2 N–H and O–H groups in total. The summed E-state index contributed by atoms with van der Waals surface area (Å²) in [4.78, 5) is 3.76. The summed E-state index contributed by atoms with van der Waals surface area (Å²) in [6, 6.07) is 14.5. The molecular formula is C21H24N2O3S. The molecule has 0 amide bonds. The van der Waals surface area contributed by atoms with Gasteiger partial charge in [0, 0.05) is 30.3 Å². The maximum absolute atomic E-state index is 12.9. The van der Waals surface area contributed by atoms with Crippen molar-refractivity contribution >= 4 is 20.7 Å². The maximum atomic E-state index is 12.9. The molecule has 0 spiro atoms. The van der Waals surface area contributed by atoms with Crippen molar-refractivity contribution in [3.63, 3.8) is 0 Å². The SMILES string of the molecule is O=S(=O)(c1ccccc1)c1c[nH]c2cc(CCNCC3CCCO3)ccc12. The second kappa shape index (κ2) is 7.84. The van der Waals surface area contributed by atoms with Crippen molar-refractivity contribution in [1.82, 2.24) is 10.3 Å². The van der Waals surface area contributed by atoms with E-state index in [0.717, 1.165) is 49.9 Å². The number of H-pyrrole nitrogens is 1. The van der Waals surface area contributed by atoms with Crippen molar-refractivity contribution in [1.29, 1.82) is 0 Å². The summed E-state index contributed by atoms with van der Waals surface area (Å²) in [5, 5.41) is 4.18. The van der Waals surface area contributed by atoms with E-state index in [4.69, 9.17) is 4.74 Å². The number of ether oxygens (including phenoxy) is 1. The fourth-order valence-corrected chi connectivity index (χ4v) is 5.00. The van der Waals surface area contributed by atoms with Crippen molar-refractivity contribution < 1.29 is 13.2 Å². The number of aromatic nitrogens is 1. The van der Waals surface area contributed by atoms with Crippen LogP contribution >= 0.6 is 0 Å². The Morgan fingerprint density at radius 3 is 2.78 bits per heavy atom. The fraction of sp³-hybridized carbons (Fsp3) is 0.333. The molecule has 4 rings (SSSR count). The van der Waals surface area contributed by atoms with Crippen LogP contribution < -0.4 is 5.32 Å². The van der Waals surface area contributed by atoms with Gasteiger partial charge in [0.1, 0.15) is 0 Å². The zero-order valence-corrected chi connectivity index (χ0v) is 16.0. The third-order valence-electron chi connectivity index (χ3n) is 5.04. The Hall–Kier alpha value is -2.15. The number of hydrogen-bond donors (Lipinski definition) is 2. The highest BCUT2D eigenvalue weighted by Gasteiger charge is 2.21. The molecule has 27 heavy (non-hydrogen) atoms. The molecule has 1 aromatic heterocycles. The van der Waals surface area contributed by atoms with Crippen LogP contribution in [0.15, 0.2) is 64.5 Å². The van der Waals surface area contributed by atoms with E-state index in [1.807, 2.05) is 24.3 Å². The molecule has 1 unspecified atom stereocenters. The molecule has 0 saturated carbocycles. The Morgan fingerprint density at radius 2 is 2.00 bits per heavy atom. The molecule has 142 valence electrons. The largest absolute Gasteiger partial charge is 0.377 e. The Labute approximate surface area is 159 Å². The summed E-state index contributed by atoms with van der Waals surface area (Å²) >= 11 is 0. The first-order valence-corrected chi connectivity index (χ1v) is 10.9. The summed E-state index contributed by atoms with van der Waals surface area (Å²) in [6.07, 6.45) is 5.13. The van der Waals surface area contributed by atoms with Gasteiger partial charge >= 0.3 is 0 Å². The van der Waals surface area contributed by atoms with Crippen LogP contribution in [-0.2, 0) is 21.0 Å². The van der Waals surface area contributed by atoms with Crippen LogP contribution in [0.3, 0.4) is 0 Å². The van der Waals surface area contributed by atoms with E-state index >= 15 is 0 Å². The van der Waals surface area contributed by atoms with Gasteiger partial charge in [-0.1, -0.05) is 30.3 Å². The normalized spacial score (nSPS) is 17.6. The predicted molar refractivity (Wildman–Crippen MR) is 106 cm³/mol. The fourth-order valence-electron chi connectivity index (χ4n) is 3.55. The smallest absolute Gasteiger partial charge is 0.208 e. The number of nitrogens with one attached hydrogen (secondary N) is 2. The number of rotatable bonds is 7. The molecule has 2 aromatic carbocycles. The second-order valence-electron chi connectivity index (χ2n) is 6.94. The Morgan fingerprint density at radius 1 is 1.15 bits per heavy atom. The van der Waals surface area contributed by atoms with E-state index in [1.165, 1.54) is 5.56 Å². The Kier molecular flexibility index (Phi) is 5.29. The van der Waals surface area contributed by atoms with E-state index in [-0.39, 0.29) is 0 Å². The molecule has 5 nitrogen and oxygen atoms in total. The summed E-state index contributed by atoms with van der Waals surface area (Å²) in [5.74, 6) is 0. The summed E-state index contributed by atoms with van der Waals surface area (Å²) < 4.78 is 31.4. The average molecular weight is 385 g/mol. The second-order valence-corrected chi connectivity index (χ2v) is 8.86. The van der Waals surface area contributed by atoms with Crippen LogP contribution in [0, 0.1) is 0 Å². The van der Waals surface area contributed by atoms with Crippen LogP contribution in [0.25, 0.3) is 10.9 Å². The third kappa shape index (κ3) is 3.93. The molecule has 1 atom stereocenters. The highest BCUT2D eigenvalue weighted by atomic mass is 32.2. The minimum Gasteiger partial charge on any atom is -0.377 e. The van der Waals surface area contributed by atoms with Crippen molar-refractivity contribution in [3.8, 4) is 0 Å². The highest BCUT2D eigenvalue weighted by Crippen LogP contribution is 2.28. The van der Waals surface area contributed by atoms with Gasteiger partial charge in [0.25, 0.3) is 0 Å². The predicted octanol–water partition coefficient (Wildman–Crippen LogP) is 3.31. The average Bonchev–Trinajstić information content (AvgIpc) is 3.35. The van der Waals surface area contributed by atoms with Gasteiger partial charge in [-0.15, -0.1) is 0 Å². The third-order valence-corrected chi connectivity index (χ3v) is 6.85. The zero-order valence-electron chi connectivity index (χ0n) is 15.1. The number of aromatic amines is 1. The Balaban J connectivity index is 1.47. The van der Waals surface area contributed by atoms with Crippen LogP contribution in [0.5, 0.6) is 0 Å². The Bertz CT molecular complexity index is 1010. The molecular weight excluding hydrogens is 360 g/mol. The van der Waals surface area contributed by atoms with Crippen LogP contribution in [0.4, 0.5) is 0 Å². The van der Waals surface area contributed by atoms with Gasteiger partial charge < -0.3 is 15.0 Å². The van der Waals surface area contributed by atoms with Crippen molar-refractivity contribution in [3.05, 3.63) is 60.3 Å². The number of benzene rings is 2. The lowest BCUT2D eigenvalue weighted by atomic mass is 10.1. The monoisotopic (exact) mass is 384 g/mol. The van der Waals surface area contributed by atoms with E-state index < -0.39 is 9.84 Å². The van der Waals surface area contributed by atoms with Crippen LogP contribution in [0.1, 0.15) is 18.4 Å². The van der Waals surface area contributed by atoms with Gasteiger partial charge in [0.2, 0.25) is 9.84 Å². The molecule has 3 aromatic rings. The number of sulfone groups is 1. The van der Waals surface area contributed by atoms with Gasteiger partial charge in [-0.2, -0.15) is 0 Å². The van der Waals surface area contributed by atoms with Crippen molar-refractivity contribution in [2.24, 2.45) is 0 Å². The van der Waals surface area contributed by atoms with E-state index in [1.54, 1.807) is 30.5 Å². The zero-order chi connectivity index (χ0) is 18.7. The molecule has 6 heteroatoms. The molecule has 0 bridgehead atoms. The molecule has 1 aliphatic rings. The first-order chi connectivity index (χ1) is 13.1. The minimum atomic E-state index is -3.52. The summed E-state index contributed by atoms with van der Waals surface area (Å²) in [6.45, 7) is 2.65. The maximum Gasteiger partial charge on any atom is 0.208 e. The first kappa shape index (κ1) is 18.2. The quantitative estimate of drug-likeness (QED) is 0.613. The highest BCUT2D eigenvalue weighted by molar-refractivity contribution is 7.91. The minimum absolute atomic E-state index is 0.313. The van der Waals surface area contributed by atoms with E-state index in [2.05, 4.69) is 10.3 Å². The van der Waals surface area contributed by atoms with Crippen LogP contribution in [0.2, 0.25) is 0 Å². The molecule has 1 fully saturated rings. The van der Waals surface area contributed by atoms with Gasteiger partial charge in [0.05, 0.1) is 15.9 Å². The molecule has 0 radical (unpaired) electrons. The van der Waals surface area contributed by atoms with E-state index in [9.17, 15) is 8.42 Å².